The van der Waals surface area contributed by atoms with Crippen LogP contribution in [0.2, 0.25) is 0 Å². The van der Waals surface area contributed by atoms with Crippen LogP contribution in [0.25, 0.3) is 0 Å². The molecule has 0 aromatic carbocycles. The summed E-state index contributed by atoms with van der Waals surface area (Å²) in [5, 5.41) is 14.9. The Balaban J connectivity index is 1.74. The number of carbonyl (C=O) groups is 1. The first-order chi connectivity index (χ1) is 8.19. The highest BCUT2D eigenvalue weighted by Crippen LogP contribution is 2.18. The highest BCUT2D eigenvalue weighted by molar-refractivity contribution is 5.81. The Morgan fingerprint density at radius 1 is 1.53 bits per heavy atom. The van der Waals surface area contributed by atoms with E-state index in [0.717, 1.165) is 18.6 Å². The molecule has 1 atom stereocenters. The molecule has 17 heavy (non-hydrogen) atoms. The van der Waals surface area contributed by atoms with Gasteiger partial charge in [0.15, 0.2) is 0 Å². The van der Waals surface area contributed by atoms with Gasteiger partial charge in [-0.3, -0.25) is 10.1 Å². The van der Waals surface area contributed by atoms with Crippen LogP contribution in [0.15, 0.2) is 16.5 Å². The number of aliphatic hydroxyl groups excluding tert-OH is 1. The summed E-state index contributed by atoms with van der Waals surface area (Å²) < 4.78 is 5.31. The molecule has 1 aliphatic carbocycles. The second-order valence-corrected chi connectivity index (χ2v) is 4.41. The Morgan fingerprint density at radius 3 is 2.82 bits per heavy atom. The first-order valence-corrected chi connectivity index (χ1v) is 5.91. The molecule has 0 saturated heterocycles. The molecule has 1 aromatic heterocycles. The molecule has 0 spiro atoms. The predicted molar refractivity (Wildman–Crippen MR) is 62.1 cm³/mol. The highest BCUT2D eigenvalue weighted by Gasteiger charge is 2.25. The Kier molecular flexibility index (Phi) is 3.81. The van der Waals surface area contributed by atoms with Gasteiger partial charge in [-0.15, -0.1) is 0 Å². The highest BCUT2D eigenvalue weighted by atomic mass is 16.4. The lowest BCUT2D eigenvalue weighted by molar-refractivity contribution is -0.122. The van der Waals surface area contributed by atoms with Gasteiger partial charge in [0, 0.05) is 6.04 Å². The van der Waals surface area contributed by atoms with Crippen molar-refractivity contribution in [1.29, 1.82) is 0 Å². The lowest BCUT2D eigenvalue weighted by Crippen LogP contribution is -2.42. The number of hydrogen-bond acceptors (Lipinski definition) is 4. The van der Waals surface area contributed by atoms with Crippen LogP contribution in [0.5, 0.6) is 0 Å². The fraction of sp³-hybridized carbons (Fsp3) is 0.583. The monoisotopic (exact) mass is 238 g/mol. The van der Waals surface area contributed by atoms with Crippen molar-refractivity contribution in [3.05, 3.63) is 23.7 Å². The number of hydrogen-bond donors (Lipinski definition) is 3. The molecular formula is C12H18N2O3. The fourth-order valence-electron chi connectivity index (χ4n) is 1.50. The van der Waals surface area contributed by atoms with Gasteiger partial charge in [0.05, 0.1) is 12.6 Å². The number of rotatable bonds is 6. The van der Waals surface area contributed by atoms with E-state index in [-0.39, 0.29) is 18.6 Å². The van der Waals surface area contributed by atoms with Gasteiger partial charge in [0.25, 0.3) is 0 Å². The van der Waals surface area contributed by atoms with Crippen molar-refractivity contribution >= 4 is 5.91 Å². The van der Waals surface area contributed by atoms with Crippen molar-refractivity contribution in [3.8, 4) is 0 Å². The van der Waals surface area contributed by atoms with Crippen molar-refractivity contribution < 1.29 is 14.3 Å². The third-order valence-corrected chi connectivity index (χ3v) is 2.77. The van der Waals surface area contributed by atoms with Gasteiger partial charge < -0.3 is 14.8 Å². The molecule has 5 nitrogen and oxygen atoms in total. The maximum Gasteiger partial charge on any atom is 0.237 e. The predicted octanol–water partition coefficient (Wildman–Crippen LogP) is 0.529. The minimum absolute atomic E-state index is 0.0291. The first kappa shape index (κ1) is 12.1. The van der Waals surface area contributed by atoms with Crippen molar-refractivity contribution in [2.45, 2.75) is 45.0 Å². The molecule has 94 valence electrons. The summed E-state index contributed by atoms with van der Waals surface area (Å²) in [7, 11) is 0. The molecular weight excluding hydrogens is 220 g/mol. The van der Waals surface area contributed by atoms with E-state index in [4.69, 9.17) is 9.52 Å². The summed E-state index contributed by atoms with van der Waals surface area (Å²) in [5.74, 6) is 1.29. The minimum atomic E-state index is -0.238. The molecule has 1 saturated carbocycles. The average molecular weight is 238 g/mol. The van der Waals surface area contributed by atoms with Crippen molar-refractivity contribution in [1.82, 2.24) is 10.6 Å². The van der Waals surface area contributed by atoms with Crippen molar-refractivity contribution in [2.75, 3.05) is 0 Å². The number of amides is 1. The summed E-state index contributed by atoms with van der Waals surface area (Å²) in [4.78, 5) is 11.6. The van der Waals surface area contributed by atoms with Crippen LogP contribution in [0.3, 0.4) is 0 Å². The Morgan fingerprint density at radius 2 is 2.24 bits per heavy atom. The lowest BCUT2D eigenvalue weighted by Gasteiger charge is -2.12. The SMILES string of the molecule is CC(NCc1ccc(CO)o1)C(=O)NC1CC1. The van der Waals surface area contributed by atoms with E-state index >= 15 is 0 Å². The standard InChI is InChI=1S/C12H18N2O3/c1-8(12(16)14-9-2-3-9)13-6-10-4-5-11(7-15)17-10/h4-5,8-9,13,15H,2-3,6-7H2,1H3,(H,14,16). The van der Waals surface area contributed by atoms with Gasteiger partial charge >= 0.3 is 0 Å². The maximum atomic E-state index is 11.6. The summed E-state index contributed by atoms with van der Waals surface area (Å²) >= 11 is 0. The normalized spacial score (nSPS) is 16.8. The summed E-state index contributed by atoms with van der Waals surface area (Å²) in [6, 6.07) is 3.67. The maximum absolute atomic E-state index is 11.6. The smallest absolute Gasteiger partial charge is 0.237 e. The van der Waals surface area contributed by atoms with Crippen LogP contribution in [0.1, 0.15) is 31.3 Å². The van der Waals surface area contributed by atoms with E-state index in [1.807, 2.05) is 6.92 Å². The topological polar surface area (TPSA) is 74.5 Å². The van der Waals surface area contributed by atoms with Gasteiger partial charge in [-0.2, -0.15) is 0 Å². The van der Waals surface area contributed by atoms with Crippen LogP contribution < -0.4 is 10.6 Å². The van der Waals surface area contributed by atoms with Gasteiger partial charge in [-0.1, -0.05) is 0 Å². The zero-order chi connectivity index (χ0) is 12.3. The van der Waals surface area contributed by atoms with Crippen LogP contribution in [-0.4, -0.2) is 23.1 Å². The van der Waals surface area contributed by atoms with Crippen molar-refractivity contribution in [2.24, 2.45) is 0 Å². The third kappa shape index (κ3) is 3.57. The second kappa shape index (κ2) is 5.33. The van der Waals surface area contributed by atoms with E-state index in [1.54, 1.807) is 12.1 Å². The second-order valence-electron chi connectivity index (χ2n) is 4.41. The van der Waals surface area contributed by atoms with Crippen LogP contribution in [0.4, 0.5) is 0 Å². The van der Waals surface area contributed by atoms with Crippen molar-refractivity contribution in [3.63, 3.8) is 0 Å². The van der Waals surface area contributed by atoms with E-state index < -0.39 is 0 Å². The lowest BCUT2D eigenvalue weighted by atomic mass is 10.3. The van der Waals surface area contributed by atoms with Gasteiger partial charge in [-0.05, 0) is 31.9 Å². The number of aliphatic hydroxyl groups is 1. The molecule has 2 rings (SSSR count). The van der Waals surface area contributed by atoms with E-state index in [9.17, 15) is 4.79 Å². The quantitative estimate of drug-likeness (QED) is 0.676. The summed E-state index contributed by atoms with van der Waals surface area (Å²) in [6.07, 6.45) is 2.19. The molecule has 1 fully saturated rings. The van der Waals surface area contributed by atoms with E-state index in [1.165, 1.54) is 0 Å². The Hall–Kier alpha value is -1.33. The third-order valence-electron chi connectivity index (χ3n) is 2.77. The van der Waals surface area contributed by atoms with Crippen LogP contribution in [0, 0.1) is 0 Å². The van der Waals surface area contributed by atoms with Gasteiger partial charge in [0.1, 0.15) is 18.1 Å². The zero-order valence-corrected chi connectivity index (χ0v) is 9.90. The average Bonchev–Trinajstić information content (AvgIpc) is 3.02. The largest absolute Gasteiger partial charge is 0.462 e. The van der Waals surface area contributed by atoms with E-state index in [2.05, 4.69) is 10.6 Å². The molecule has 5 heteroatoms. The molecule has 0 aliphatic heterocycles. The summed E-state index contributed by atoms with van der Waals surface area (Å²) in [5.41, 5.74) is 0. The molecule has 0 radical (unpaired) electrons. The zero-order valence-electron chi connectivity index (χ0n) is 9.90. The Bertz CT molecular complexity index is 385. The fourth-order valence-corrected chi connectivity index (χ4v) is 1.50. The summed E-state index contributed by atoms with van der Waals surface area (Å²) in [6.45, 7) is 2.21. The molecule has 1 heterocycles. The van der Waals surface area contributed by atoms with Gasteiger partial charge in [-0.25, -0.2) is 0 Å². The molecule has 1 amide bonds. The molecule has 0 bridgehead atoms. The van der Waals surface area contributed by atoms with Crippen LogP contribution in [-0.2, 0) is 17.9 Å². The minimum Gasteiger partial charge on any atom is -0.462 e. The van der Waals surface area contributed by atoms with Crippen LogP contribution >= 0.6 is 0 Å². The number of carbonyl (C=O) groups excluding carboxylic acids is 1. The number of nitrogens with one attached hydrogen (secondary N) is 2. The molecule has 1 aliphatic rings. The van der Waals surface area contributed by atoms with E-state index in [0.29, 0.717) is 18.3 Å². The Labute approximate surface area is 100 Å². The van der Waals surface area contributed by atoms with Gasteiger partial charge in [0.2, 0.25) is 5.91 Å². The number of furan rings is 1. The first-order valence-electron chi connectivity index (χ1n) is 5.91. The molecule has 3 N–H and O–H groups in total. The molecule has 1 unspecified atom stereocenters. The molecule has 1 aromatic rings.